The Morgan fingerprint density at radius 3 is 2.12 bits per heavy atom. The third-order valence-electron chi connectivity index (χ3n) is 6.05. The second-order valence-corrected chi connectivity index (χ2v) is 10.2. The van der Waals surface area contributed by atoms with Crippen LogP contribution in [0.4, 0.5) is 23.7 Å². The number of aliphatic carboxylic acids is 1. The Morgan fingerprint density at radius 1 is 0.907 bits per heavy atom. The number of carbonyl (C=O) groups is 2. The largest absolute Gasteiger partial charge is 0.493 e. The lowest BCUT2D eigenvalue weighted by Crippen LogP contribution is -2.39. The number of carbonyl (C=O) groups excluding carboxylic acids is 1. The molecule has 3 aromatic rings. The number of anilines is 1. The lowest BCUT2D eigenvalue weighted by Gasteiger charge is -2.23. The number of carboxylic acids is 1. The zero-order chi connectivity index (χ0) is 31.4. The van der Waals surface area contributed by atoms with E-state index in [0.29, 0.717) is 28.0 Å². The minimum atomic E-state index is -4.49. The van der Waals surface area contributed by atoms with Gasteiger partial charge in [-0.05, 0) is 73.5 Å². The molecule has 0 aliphatic carbocycles. The first-order valence-corrected chi connectivity index (χ1v) is 14.1. The van der Waals surface area contributed by atoms with Crippen LogP contribution in [0.25, 0.3) is 0 Å². The number of hydrogen-bond donors (Lipinski definition) is 2. The van der Waals surface area contributed by atoms with Crippen LogP contribution in [0.1, 0.15) is 24.5 Å². The molecule has 0 aliphatic heterocycles. The number of urea groups is 1. The molecule has 0 fully saturated rings. The van der Waals surface area contributed by atoms with Crippen molar-refractivity contribution in [1.29, 1.82) is 0 Å². The minimum absolute atomic E-state index is 0.112. The second-order valence-electron chi connectivity index (χ2n) is 9.28. The molecule has 8 nitrogen and oxygen atoms in total. The molecule has 0 radical (unpaired) electrons. The standard InChI is InChI=1S/C30H31Cl2F3N2O6/c1-2-41-27(28(38)39)16-20-4-10-25(11-5-20)43-15-13-37(12-3-14-42-26-18-22(31)17-23(32)19-26)29(40)36-24-8-6-21(7-9-24)30(33,34)35/h4-11,17-19,27H,2-3,12-16H2,1H3,(H,36,40)(H,38,39). The fraction of sp³-hybridized carbons (Fsp3) is 0.333. The van der Waals surface area contributed by atoms with Crippen LogP contribution >= 0.6 is 23.2 Å². The quantitative estimate of drug-likeness (QED) is 0.167. The highest BCUT2D eigenvalue weighted by Crippen LogP contribution is 2.30. The van der Waals surface area contributed by atoms with E-state index in [4.69, 9.17) is 37.4 Å². The Kier molecular flexibility index (Phi) is 12.8. The van der Waals surface area contributed by atoms with E-state index in [2.05, 4.69) is 5.32 Å². The average molecular weight is 643 g/mol. The van der Waals surface area contributed by atoms with Crippen molar-refractivity contribution in [3.05, 3.63) is 87.9 Å². The smallest absolute Gasteiger partial charge is 0.416 e. The van der Waals surface area contributed by atoms with Gasteiger partial charge >= 0.3 is 18.2 Å². The van der Waals surface area contributed by atoms with Gasteiger partial charge in [0.15, 0.2) is 6.10 Å². The summed E-state index contributed by atoms with van der Waals surface area (Å²) < 4.78 is 55.4. The number of rotatable bonds is 15. The van der Waals surface area contributed by atoms with Crippen LogP contribution in [0.5, 0.6) is 11.5 Å². The molecule has 43 heavy (non-hydrogen) atoms. The van der Waals surface area contributed by atoms with Crippen molar-refractivity contribution in [3.8, 4) is 11.5 Å². The first-order valence-electron chi connectivity index (χ1n) is 13.3. The number of amides is 2. The maximum absolute atomic E-state index is 13.0. The molecule has 0 saturated carbocycles. The summed E-state index contributed by atoms with van der Waals surface area (Å²) in [6.45, 7) is 2.76. The first-order chi connectivity index (χ1) is 20.4. The van der Waals surface area contributed by atoms with Gasteiger partial charge in [0, 0.05) is 35.3 Å². The van der Waals surface area contributed by atoms with E-state index in [0.717, 1.165) is 17.7 Å². The van der Waals surface area contributed by atoms with Crippen molar-refractivity contribution in [3.63, 3.8) is 0 Å². The number of ether oxygens (including phenoxy) is 3. The highest BCUT2D eigenvalue weighted by Gasteiger charge is 2.30. The molecule has 2 amide bonds. The van der Waals surface area contributed by atoms with Crippen LogP contribution < -0.4 is 14.8 Å². The summed E-state index contributed by atoms with van der Waals surface area (Å²) in [5, 5.41) is 12.7. The number of carboxylic acid groups (broad SMARTS) is 1. The molecule has 1 unspecified atom stereocenters. The summed E-state index contributed by atoms with van der Waals surface area (Å²) in [5.74, 6) is -0.0594. The van der Waals surface area contributed by atoms with Gasteiger partial charge in [-0.15, -0.1) is 0 Å². The van der Waals surface area contributed by atoms with Crippen molar-refractivity contribution in [2.24, 2.45) is 0 Å². The van der Waals surface area contributed by atoms with Gasteiger partial charge in [-0.25, -0.2) is 9.59 Å². The van der Waals surface area contributed by atoms with Gasteiger partial charge in [-0.2, -0.15) is 13.2 Å². The molecule has 232 valence electrons. The van der Waals surface area contributed by atoms with Crippen molar-refractivity contribution in [2.75, 3.05) is 38.2 Å². The Hall–Kier alpha value is -3.67. The zero-order valence-electron chi connectivity index (χ0n) is 23.2. The lowest BCUT2D eigenvalue weighted by atomic mass is 10.1. The van der Waals surface area contributed by atoms with E-state index in [1.54, 1.807) is 49.4 Å². The summed E-state index contributed by atoms with van der Waals surface area (Å²) in [7, 11) is 0. The van der Waals surface area contributed by atoms with E-state index in [-0.39, 0.29) is 45.0 Å². The Morgan fingerprint density at radius 2 is 1.53 bits per heavy atom. The number of benzene rings is 3. The molecule has 0 heterocycles. The number of alkyl halides is 3. The summed E-state index contributed by atoms with van der Waals surface area (Å²) in [6.07, 6.45) is -4.82. The number of halogens is 5. The highest BCUT2D eigenvalue weighted by molar-refractivity contribution is 6.34. The summed E-state index contributed by atoms with van der Waals surface area (Å²) in [4.78, 5) is 25.8. The van der Waals surface area contributed by atoms with E-state index >= 15 is 0 Å². The van der Waals surface area contributed by atoms with Crippen LogP contribution in [0.3, 0.4) is 0 Å². The predicted molar refractivity (Wildman–Crippen MR) is 157 cm³/mol. The predicted octanol–water partition coefficient (Wildman–Crippen LogP) is 7.43. The van der Waals surface area contributed by atoms with Crippen LogP contribution in [0.15, 0.2) is 66.7 Å². The molecular formula is C30H31Cl2F3N2O6. The summed E-state index contributed by atoms with van der Waals surface area (Å²) in [6, 6.07) is 15.3. The number of nitrogens with zero attached hydrogens (tertiary/aromatic N) is 1. The van der Waals surface area contributed by atoms with Crippen molar-refractivity contribution in [1.82, 2.24) is 4.90 Å². The van der Waals surface area contributed by atoms with Gasteiger partial charge in [0.2, 0.25) is 0 Å². The van der Waals surface area contributed by atoms with Gasteiger partial charge in [0.05, 0.1) is 18.7 Å². The lowest BCUT2D eigenvalue weighted by molar-refractivity contribution is -0.150. The third-order valence-corrected chi connectivity index (χ3v) is 6.48. The van der Waals surface area contributed by atoms with Crippen LogP contribution in [-0.2, 0) is 22.1 Å². The van der Waals surface area contributed by atoms with Crippen LogP contribution in [0.2, 0.25) is 10.0 Å². The Balaban J connectivity index is 1.59. The van der Waals surface area contributed by atoms with Gasteiger partial charge in [0.1, 0.15) is 18.1 Å². The third kappa shape index (κ3) is 11.5. The molecule has 0 aromatic heterocycles. The van der Waals surface area contributed by atoms with E-state index < -0.39 is 29.8 Å². The molecule has 0 bridgehead atoms. The zero-order valence-corrected chi connectivity index (χ0v) is 24.7. The number of hydrogen-bond acceptors (Lipinski definition) is 5. The van der Waals surface area contributed by atoms with Gasteiger partial charge in [-0.3, -0.25) is 0 Å². The summed E-state index contributed by atoms with van der Waals surface area (Å²) >= 11 is 12.0. The average Bonchev–Trinajstić information content (AvgIpc) is 2.94. The molecule has 2 N–H and O–H groups in total. The van der Waals surface area contributed by atoms with Crippen LogP contribution in [-0.4, -0.2) is 61.0 Å². The maximum atomic E-state index is 13.0. The molecule has 1 atom stereocenters. The highest BCUT2D eigenvalue weighted by atomic mass is 35.5. The van der Waals surface area contributed by atoms with E-state index in [9.17, 15) is 27.9 Å². The monoisotopic (exact) mass is 642 g/mol. The minimum Gasteiger partial charge on any atom is -0.493 e. The molecule has 0 spiro atoms. The SMILES string of the molecule is CCOC(Cc1ccc(OCCN(CCCOc2cc(Cl)cc(Cl)c2)C(=O)Nc2ccc(C(F)(F)F)cc2)cc1)C(=O)O. The molecular weight excluding hydrogens is 612 g/mol. The van der Waals surface area contributed by atoms with E-state index in [1.165, 1.54) is 17.0 Å². The van der Waals surface area contributed by atoms with Crippen molar-refractivity contribution >= 4 is 40.9 Å². The maximum Gasteiger partial charge on any atom is 0.416 e. The Bertz CT molecular complexity index is 1320. The molecule has 13 heteroatoms. The van der Waals surface area contributed by atoms with E-state index in [1.807, 2.05) is 0 Å². The molecule has 3 aromatic carbocycles. The van der Waals surface area contributed by atoms with Crippen molar-refractivity contribution in [2.45, 2.75) is 32.0 Å². The summed E-state index contributed by atoms with van der Waals surface area (Å²) in [5.41, 5.74) is 0.138. The van der Waals surface area contributed by atoms with Gasteiger partial charge in [-0.1, -0.05) is 35.3 Å². The fourth-order valence-corrected chi connectivity index (χ4v) is 4.45. The normalized spacial score (nSPS) is 12.0. The Labute approximate surface area is 257 Å². The molecule has 0 saturated heterocycles. The topological polar surface area (TPSA) is 97.3 Å². The first kappa shape index (κ1) is 33.8. The number of nitrogens with one attached hydrogen (secondary N) is 1. The van der Waals surface area contributed by atoms with Crippen molar-refractivity contribution < 1.29 is 42.1 Å². The molecule has 3 rings (SSSR count). The second kappa shape index (κ2) is 16.3. The molecule has 0 aliphatic rings. The van der Waals surface area contributed by atoms with Gasteiger partial charge < -0.3 is 29.5 Å². The van der Waals surface area contributed by atoms with Gasteiger partial charge in [0.25, 0.3) is 0 Å². The van der Waals surface area contributed by atoms with Crippen LogP contribution in [0, 0.1) is 0 Å². The fourth-order valence-electron chi connectivity index (χ4n) is 3.95.